The highest BCUT2D eigenvalue weighted by Gasteiger charge is 2.15. The predicted molar refractivity (Wildman–Crippen MR) is 63.0 cm³/mol. The molecule has 0 radical (unpaired) electrons. The van der Waals surface area contributed by atoms with E-state index in [1.807, 2.05) is 21.0 Å². The average molecular weight is 226 g/mol. The molecule has 4 heteroatoms. The molecular weight excluding hydrogens is 207 g/mol. The molecule has 0 aliphatic carbocycles. The second-order valence-electron chi connectivity index (χ2n) is 3.96. The van der Waals surface area contributed by atoms with Gasteiger partial charge in [0.1, 0.15) is 11.6 Å². The summed E-state index contributed by atoms with van der Waals surface area (Å²) in [6.45, 7) is 3.74. The van der Waals surface area contributed by atoms with Crippen molar-refractivity contribution in [2.75, 3.05) is 27.2 Å². The maximum Gasteiger partial charge on any atom is 0.126 e. The minimum Gasteiger partial charge on any atom is -0.508 e. The number of phenols is 1. The van der Waals surface area contributed by atoms with Crippen LogP contribution in [0, 0.1) is 5.82 Å². The van der Waals surface area contributed by atoms with E-state index in [1.165, 1.54) is 6.07 Å². The maximum atomic E-state index is 12.8. The van der Waals surface area contributed by atoms with E-state index in [0.717, 1.165) is 24.7 Å². The van der Waals surface area contributed by atoms with Gasteiger partial charge in [-0.1, -0.05) is 6.07 Å². The smallest absolute Gasteiger partial charge is 0.126 e. The van der Waals surface area contributed by atoms with Crippen LogP contribution in [0.5, 0.6) is 5.75 Å². The standard InChI is InChI=1S/C12H19FN2O/c1-9(15(3)7-6-14-2)11-5-4-10(13)8-12(11)16/h4-5,8-9,14,16H,6-7H2,1-3H3. The van der Waals surface area contributed by atoms with Gasteiger partial charge in [0.05, 0.1) is 0 Å². The van der Waals surface area contributed by atoms with Gasteiger partial charge in [0.15, 0.2) is 0 Å². The van der Waals surface area contributed by atoms with E-state index in [2.05, 4.69) is 10.2 Å². The molecule has 1 aromatic rings. The van der Waals surface area contributed by atoms with Gasteiger partial charge < -0.3 is 10.4 Å². The summed E-state index contributed by atoms with van der Waals surface area (Å²) in [4.78, 5) is 2.10. The van der Waals surface area contributed by atoms with Crippen LogP contribution in [0.25, 0.3) is 0 Å². The number of benzene rings is 1. The lowest BCUT2D eigenvalue weighted by molar-refractivity contribution is 0.258. The molecule has 1 unspecified atom stereocenters. The van der Waals surface area contributed by atoms with Gasteiger partial charge in [0.25, 0.3) is 0 Å². The highest BCUT2D eigenvalue weighted by Crippen LogP contribution is 2.27. The van der Waals surface area contributed by atoms with Gasteiger partial charge in [-0.25, -0.2) is 4.39 Å². The van der Waals surface area contributed by atoms with E-state index in [1.54, 1.807) is 6.07 Å². The normalized spacial score (nSPS) is 13.1. The number of phenolic OH excluding ortho intramolecular Hbond substituents is 1. The van der Waals surface area contributed by atoms with Gasteiger partial charge in [-0.15, -0.1) is 0 Å². The monoisotopic (exact) mass is 226 g/mol. The fourth-order valence-corrected chi connectivity index (χ4v) is 1.59. The number of aromatic hydroxyl groups is 1. The molecule has 0 aromatic heterocycles. The van der Waals surface area contributed by atoms with Crippen LogP contribution < -0.4 is 5.32 Å². The minimum absolute atomic E-state index is 0.0174. The third-order valence-electron chi connectivity index (χ3n) is 2.82. The van der Waals surface area contributed by atoms with Crippen LogP contribution in [0.2, 0.25) is 0 Å². The molecule has 0 aliphatic heterocycles. The maximum absolute atomic E-state index is 12.8. The van der Waals surface area contributed by atoms with E-state index >= 15 is 0 Å². The molecule has 0 fully saturated rings. The number of hydrogen-bond donors (Lipinski definition) is 2. The van der Waals surface area contributed by atoms with Gasteiger partial charge in [0.2, 0.25) is 0 Å². The fourth-order valence-electron chi connectivity index (χ4n) is 1.59. The molecule has 1 rings (SSSR count). The quantitative estimate of drug-likeness (QED) is 0.803. The fraction of sp³-hybridized carbons (Fsp3) is 0.500. The Morgan fingerprint density at radius 3 is 2.75 bits per heavy atom. The van der Waals surface area contributed by atoms with Crippen molar-refractivity contribution in [3.05, 3.63) is 29.6 Å². The molecule has 0 saturated carbocycles. The first-order chi connectivity index (χ1) is 7.56. The Balaban J connectivity index is 2.75. The lowest BCUT2D eigenvalue weighted by atomic mass is 10.1. The van der Waals surface area contributed by atoms with E-state index in [4.69, 9.17) is 0 Å². The molecule has 0 amide bonds. The van der Waals surface area contributed by atoms with Crippen LogP contribution in [0.3, 0.4) is 0 Å². The third-order valence-corrected chi connectivity index (χ3v) is 2.82. The lowest BCUT2D eigenvalue weighted by Crippen LogP contribution is -2.29. The Morgan fingerprint density at radius 2 is 2.19 bits per heavy atom. The molecule has 90 valence electrons. The van der Waals surface area contributed by atoms with Crippen molar-refractivity contribution in [1.82, 2.24) is 10.2 Å². The van der Waals surface area contributed by atoms with E-state index in [0.29, 0.717) is 0 Å². The Morgan fingerprint density at radius 1 is 1.50 bits per heavy atom. The highest BCUT2D eigenvalue weighted by atomic mass is 19.1. The SMILES string of the molecule is CNCCN(C)C(C)c1ccc(F)cc1O. The molecule has 0 bridgehead atoms. The van der Waals surface area contributed by atoms with Gasteiger partial charge in [-0.05, 0) is 27.1 Å². The summed E-state index contributed by atoms with van der Waals surface area (Å²) in [5.41, 5.74) is 0.750. The average Bonchev–Trinajstić information content (AvgIpc) is 2.25. The summed E-state index contributed by atoms with van der Waals surface area (Å²) in [5.74, 6) is -0.393. The van der Waals surface area contributed by atoms with Gasteiger partial charge in [0, 0.05) is 30.8 Å². The van der Waals surface area contributed by atoms with E-state index < -0.39 is 5.82 Å². The Labute approximate surface area is 95.9 Å². The molecule has 1 aromatic carbocycles. The second kappa shape index (κ2) is 5.82. The van der Waals surface area contributed by atoms with Crippen LogP contribution in [0.15, 0.2) is 18.2 Å². The van der Waals surface area contributed by atoms with Crippen molar-refractivity contribution < 1.29 is 9.50 Å². The number of likely N-dealkylation sites (N-methyl/N-ethyl adjacent to an activating group) is 2. The highest BCUT2D eigenvalue weighted by molar-refractivity contribution is 5.34. The summed E-state index contributed by atoms with van der Waals surface area (Å²) >= 11 is 0. The topological polar surface area (TPSA) is 35.5 Å². The third kappa shape index (κ3) is 3.18. The zero-order valence-corrected chi connectivity index (χ0v) is 10.00. The van der Waals surface area contributed by atoms with Crippen molar-refractivity contribution in [2.45, 2.75) is 13.0 Å². The summed E-state index contributed by atoms with van der Waals surface area (Å²) < 4.78 is 12.8. The van der Waals surface area contributed by atoms with Gasteiger partial charge >= 0.3 is 0 Å². The van der Waals surface area contributed by atoms with Crippen LogP contribution in [0.4, 0.5) is 4.39 Å². The first-order valence-corrected chi connectivity index (χ1v) is 5.39. The molecule has 3 nitrogen and oxygen atoms in total. The number of rotatable bonds is 5. The zero-order valence-electron chi connectivity index (χ0n) is 10.00. The van der Waals surface area contributed by atoms with Crippen molar-refractivity contribution in [2.24, 2.45) is 0 Å². The summed E-state index contributed by atoms with van der Waals surface area (Å²) in [5, 5.41) is 12.7. The first-order valence-electron chi connectivity index (χ1n) is 5.39. The minimum atomic E-state index is -0.411. The van der Waals surface area contributed by atoms with Gasteiger partial charge in [-0.2, -0.15) is 0 Å². The Bertz CT molecular complexity index is 344. The zero-order chi connectivity index (χ0) is 12.1. The molecule has 0 heterocycles. The first kappa shape index (κ1) is 12.9. The Hall–Kier alpha value is -1.13. The van der Waals surface area contributed by atoms with Crippen LogP contribution in [-0.2, 0) is 0 Å². The molecule has 0 spiro atoms. The largest absolute Gasteiger partial charge is 0.508 e. The van der Waals surface area contributed by atoms with E-state index in [9.17, 15) is 9.50 Å². The van der Waals surface area contributed by atoms with E-state index in [-0.39, 0.29) is 11.8 Å². The summed E-state index contributed by atoms with van der Waals surface area (Å²) in [6, 6.07) is 4.22. The van der Waals surface area contributed by atoms with Gasteiger partial charge in [-0.3, -0.25) is 4.90 Å². The number of nitrogens with zero attached hydrogens (tertiary/aromatic N) is 1. The van der Waals surface area contributed by atoms with Crippen molar-refractivity contribution >= 4 is 0 Å². The summed E-state index contributed by atoms with van der Waals surface area (Å²) in [6.07, 6.45) is 0. The van der Waals surface area contributed by atoms with Crippen LogP contribution >= 0.6 is 0 Å². The van der Waals surface area contributed by atoms with Crippen molar-refractivity contribution in [1.29, 1.82) is 0 Å². The number of nitrogens with one attached hydrogen (secondary N) is 1. The lowest BCUT2D eigenvalue weighted by Gasteiger charge is -2.25. The van der Waals surface area contributed by atoms with Crippen LogP contribution in [0.1, 0.15) is 18.5 Å². The molecule has 16 heavy (non-hydrogen) atoms. The summed E-state index contributed by atoms with van der Waals surface area (Å²) in [7, 11) is 3.87. The molecule has 1 atom stereocenters. The van der Waals surface area contributed by atoms with Crippen LogP contribution in [-0.4, -0.2) is 37.2 Å². The molecule has 2 N–H and O–H groups in total. The molecule has 0 aliphatic rings. The number of halogens is 1. The predicted octanol–water partition coefficient (Wildman–Crippen LogP) is 1.74. The second-order valence-corrected chi connectivity index (χ2v) is 3.96. The number of hydrogen-bond acceptors (Lipinski definition) is 3. The Kier molecular flexibility index (Phi) is 4.71. The molecular formula is C12H19FN2O. The van der Waals surface area contributed by atoms with Crippen molar-refractivity contribution in [3.63, 3.8) is 0 Å². The molecule has 0 saturated heterocycles. The van der Waals surface area contributed by atoms with Crippen molar-refractivity contribution in [3.8, 4) is 5.75 Å².